The molecule has 6 nitrogen and oxygen atoms in total. The Labute approximate surface area is 158 Å². The Morgan fingerprint density at radius 2 is 1.44 bits per heavy atom. The van der Waals surface area contributed by atoms with Gasteiger partial charge in [-0.2, -0.15) is 5.10 Å². The van der Waals surface area contributed by atoms with E-state index in [2.05, 4.69) is 15.8 Å². The van der Waals surface area contributed by atoms with Crippen LogP contribution in [0.2, 0.25) is 0 Å². The van der Waals surface area contributed by atoms with E-state index in [1.165, 1.54) is 0 Å². The number of rotatable bonds is 6. The highest BCUT2D eigenvalue weighted by atomic mass is 16.2. The average molecular weight is 365 g/mol. The molecule has 0 aliphatic rings. The van der Waals surface area contributed by atoms with Crippen LogP contribution in [0.4, 0.5) is 5.69 Å². The second-order valence-corrected chi connectivity index (χ2v) is 7.04. The smallest absolute Gasteiger partial charge is 0.272 e. The Bertz CT molecular complexity index is 838. The van der Waals surface area contributed by atoms with Gasteiger partial charge in [0.2, 0.25) is 0 Å². The van der Waals surface area contributed by atoms with Crippen LogP contribution in [0.3, 0.4) is 0 Å². The molecule has 140 valence electrons. The second kappa shape index (κ2) is 8.89. The largest absolute Gasteiger partial charge is 0.321 e. The van der Waals surface area contributed by atoms with Gasteiger partial charge in [-0.05, 0) is 24.3 Å². The van der Waals surface area contributed by atoms with Crippen LogP contribution in [0.25, 0.3) is 0 Å². The first-order chi connectivity index (χ1) is 12.8. The molecule has 2 N–H and O–H groups in total. The van der Waals surface area contributed by atoms with Crippen LogP contribution in [0.15, 0.2) is 65.8 Å². The van der Waals surface area contributed by atoms with Crippen molar-refractivity contribution in [3.05, 3.63) is 66.2 Å². The van der Waals surface area contributed by atoms with E-state index in [4.69, 9.17) is 0 Å². The number of nitrogens with zero attached hydrogens (tertiary/aromatic N) is 1. The standard InChI is InChI=1S/C21H23N3O3/c1-21(2,3)18(25)14-17(20(27)22-16-12-8-5-9-13-16)23-24-19(26)15-10-6-4-7-11-15/h4-13H,14H2,1-3H3,(H,22,27)(H,24,26). The number of ketones is 1. The summed E-state index contributed by atoms with van der Waals surface area (Å²) in [5.74, 6) is -1.14. The summed E-state index contributed by atoms with van der Waals surface area (Å²) < 4.78 is 0. The summed E-state index contributed by atoms with van der Waals surface area (Å²) in [6.45, 7) is 5.31. The van der Waals surface area contributed by atoms with Crippen molar-refractivity contribution in [3.63, 3.8) is 0 Å². The molecule has 0 unspecified atom stereocenters. The number of amides is 2. The number of nitrogens with one attached hydrogen (secondary N) is 2. The molecule has 2 rings (SSSR count). The summed E-state index contributed by atoms with van der Waals surface area (Å²) in [6.07, 6.45) is -0.183. The van der Waals surface area contributed by atoms with Crippen LogP contribution in [0.5, 0.6) is 0 Å². The van der Waals surface area contributed by atoms with Crippen LogP contribution in [0.1, 0.15) is 37.6 Å². The fourth-order valence-electron chi connectivity index (χ4n) is 2.08. The van der Waals surface area contributed by atoms with Crippen molar-refractivity contribution in [1.29, 1.82) is 0 Å². The second-order valence-electron chi connectivity index (χ2n) is 7.04. The molecule has 0 aromatic heterocycles. The van der Waals surface area contributed by atoms with Gasteiger partial charge in [-0.25, -0.2) is 5.43 Å². The van der Waals surface area contributed by atoms with Gasteiger partial charge in [0.15, 0.2) is 0 Å². The lowest BCUT2D eigenvalue weighted by Crippen LogP contribution is -2.32. The minimum atomic E-state index is -0.628. The summed E-state index contributed by atoms with van der Waals surface area (Å²) in [7, 11) is 0. The Balaban J connectivity index is 2.19. The first-order valence-electron chi connectivity index (χ1n) is 8.59. The number of hydrazone groups is 1. The number of anilines is 1. The Morgan fingerprint density at radius 3 is 2.00 bits per heavy atom. The molecule has 0 spiro atoms. The maximum atomic E-state index is 12.6. The molecule has 0 saturated heterocycles. The van der Waals surface area contributed by atoms with Gasteiger partial charge >= 0.3 is 0 Å². The van der Waals surface area contributed by atoms with Gasteiger partial charge in [0.05, 0.1) is 6.42 Å². The first-order valence-corrected chi connectivity index (χ1v) is 8.59. The summed E-state index contributed by atoms with van der Waals surface area (Å²) >= 11 is 0. The zero-order chi connectivity index (χ0) is 19.9. The Morgan fingerprint density at radius 1 is 0.889 bits per heavy atom. The van der Waals surface area contributed by atoms with E-state index in [-0.39, 0.29) is 17.9 Å². The topological polar surface area (TPSA) is 87.6 Å². The minimum absolute atomic E-state index is 0.0527. The maximum Gasteiger partial charge on any atom is 0.272 e. The number of Topliss-reactive ketones (excluding diaryl/α,β-unsaturated/α-hetero) is 1. The lowest BCUT2D eigenvalue weighted by Gasteiger charge is -2.17. The van der Waals surface area contributed by atoms with Crippen molar-refractivity contribution in [3.8, 4) is 0 Å². The molecule has 0 radical (unpaired) electrons. The van der Waals surface area contributed by atoms with Gasteiger partial charge < -0.3 is 5.32 Å². The molecule has 2 aromatic rings. The summed E-state index contributed by atoms with van der Waals surface area (Å²) in [6, 6.07) is 17.4. The molecule has 0 heterocycles. The number of hydrogen-bond donors (Lipinski definition) is 2. The van der Waals surface area contributed by atoms with Gasteiger partial charge in [0.25, 0.3) is 11.8 Å². The van der Waals surface area contributed by atoms with E-state index in [1.807, 2.05) is 6.07 Å². The van der Waals surface area contributed by atoms with Crippen LogP contribution in [0, 0.1) is 5.41 Å². The summed E-state index contributed by atoms with van der Waals surface area (Å²) in [5.41, 5.74) is 2.66. The van der Waals surface area contributed by atoms with E-state index in [9.17, 15) is 14.4 Å². The van der Waals surface area contributed by atoms with Crippen molar-refractivity contribution in [2.75, 3.05) is 5.32 Å². The van der Waals surface area contributed by atoms with E-state index in [0.717, 1.165) is 0 Å². The van der Waals surface area contributed by atoms with E-state index in [0.29, 0.717) is 11.3 Å². The quantitative estimate of drug-likeness (QED) is 0.607. The molecule has 0 saturated carbocycles. The fraction of sp³-hybridized carbons (Fsp3) is 0.238. The monoisotopic (exact) mass is 365 g/mol. The highest BCUT2D eigenvalue weighted by Crippen LogP contribution is 2.17. The van der Waals surface area contributed by atoms with E-state index < -0.39 is 17.2 Å². The number of carbonyl (C=O) groups is 3. The first kappa shape index (κ1) is 20.0. The molecule has 0 fully saturated rings. The van der Waals surface area contributed by atoms with Gasteiger partial charge in [0.1, 0.15) is 11.5 Å². The Kier molecular flexibility index (Phi) is 6.60. The molecule has 6 heteroatoms. The van der Waals surface area contributed by atoms with E-state index >= 15 is 0 Å². The normalized spacial score (nSPS) is 11.6. The summed E-state index contributed by atoms with van der Waals surface area (Å²) in [5, 5.41) is 6.62. The van der Waals surface area contributed by atoms with Gasteiger partial charge in [-0.15, -0.1) is 0 Å². The SMILES string of the molecule is CC(C)(C)C(=O)CC(=NNC(=O)c1ccccc1)C(=O)Nc1ccccc1. The average Bonchev–Trinajstić information content (AvgIpc) is 2.65. The van der Waals surface area contributed by atoms with Crippen molar-refractivity contribution >= 4 is 29.0 Å². The number of carbonyl (C=O) groups excluding carboxylic acids is 3. The molecule has 0 aliphatic heterocycles. The third-order valence-electron chi connectivity index (χ3n) is 3.79. The molecule has 2 aromatic carbocycles. The predicted octanol–water partition coefficient (Wildman–Crippen LogP) is 3.42. The van der Waals surface area contributed by atoms with Gasteiger partial charge in [0, 0.05) is 16.7 Å². The highest BCUT2D eigenvalue weighted by Gasteiger charge is 2.26. The Hall–Kier alpha value is -3.28. The minimum Gasteiger partial charge on any atom is -0.321 e. The molecular weight excluding hydrogens is 342 g/mol. The molecule has 0 atom stereocenters. The molecule has 2 amide bonds. The molecular formula is C21H23N3O3. The number of hydrogen-bond acceptors (Lipinski definition) is 4. The van der Waals surface area contributed by atoms with Crippen LogP contribution < -0.4 is 10.7 Å². The molecule has 0 bridgehead atoms. The lowest BCUT2D eigenvalue weighted by molar-refractivity contribution is -0.125. The summed E-state index contributed by atoms with van der Waals surface area (Å²) in [4.78, 5) is 37.1. The highest BCUT2D eigenvalue weighted by molar-refractivity contribution is 6.45. The van der Waals surface area contributed by atoms with Crippen LogP contribution >= 0.6 is 0 Å². The molecule has 0 aliphatic carbocycles. The maximum absolute atomic E-state index is 12.6. The number of benzene rings is 2. The number of para-hydroxylation sites is 1. The van der Waals surface area contributed by atoms with Crippen molar-refractivity contribution in [2.24, 2.45) is 10.5 Å². The molecule has 27 heavy (non-hydrogen) atoms. The van der Waals surface area contributed by atoms with Crippen LogP contribution in [-0.4, -0.2) is 23.3 Å². The van der Waals surface area contributed by atoms with E-state index in [1.54, 1.807) is 75.4 Å². The van der Waals surface area contributed by atoms with Crippen molar-refractivity contribution in [1.82, 2.24) is 5.43 Å². The third kappa shape index (κ3) is 6.18. The zero-order valence-electron chi connectivity index (χ0n) is 15.7. The van der Waals surface area contributed by atoms with Crippen molar-refractivity contribution in [2.45, 2.75) is 27.2 Å². The third-order valence-corrected chi connectivity index (χ3v) is 3.79. The lowest BCUT2D eigenvalue weighted by atomic mass is 9.87. The van der Waals surface area contributed by atoms with Crippen LogP contribution in [-0.2, 0) is 9.59 Å². The fourth-order valence-corrected chi connectivity index (χ4v) is 2.08. The van der Waals surface area contributed by atoms with Crippen molar-refractivity contribution < 1.29 is 14.4 Å². The van der Waals surface area contributed by atoms with Gasteiger partial charge in [-0.3, -0.25) is 14.4 Å². The van der Waals surface area contributed by atoms with Gasteiger partial charge in [-0.1, -0.05) is 57.2 Å². The zero-order valence-corrected chi connectivity index (χ0v) is 15.7. The predicted molar refractivity (Wildman–Crippen MR) is 105 cm³/mol.